The van der Waals surface area contributed by atoms with Crippen LogP contribution in [0.5, 0.6) is 0 Å². The van der Waals surface area contributed by atoms with E-state index in [4.69, 9.17) is 5.73 Å². The van der Waals surface area contributed by atoms with Crippen LogP contribution in [0, 0.1) is 0 Å². The zero-order valence-corrected chi connectivity index (χ0v) is 8.61. The van der Waals surface area contributed by atoms with Crippen molar-refractivity contribution in [3.8, 4) is 0 Å². The van der Waals surface area contributed by atoms with Crippen LogP contribution in [0.25, 0.3) is 10.8 Å². The summed E-state index contributed by atoms with van der Waals surface area (Å²) in [6.07, 6.45) is 3.72. The molecule has 0 aliphatic heterocycles. The average molecular weight is 201 g/mol. The lowest BCUT2D eigenvalue weighted by molar-refractivity contribution is 0.698. The summed E-state index contributed by atoms with van der Waals surface area (Å²) in [5.41, 5.74) is 6.73. The fourth-order valence-corrected chi connectivity index (χ4v) is 1.67. The van der Waals surface area contributed by atoms with Gasteiger partial charge < -0.3 is 11.1 Å². The third-order valence-electron chi connectivity index (χ3n) is 2.41. The van der Waals surface area contributed by atoms with Gasteiger partial charge >= 0.3 is 0 Å². The van der Waals surface area contributed by atoms with Crippen LogP contribution < -0.4 is 11.1 Å². The summed E-state index contributed by atoms with van der Waals surface area (Å²) in [5.74, 6) is 0. The molecule has 15 heavy (non-hydrogen) atoms. The highest BCUT2D eigenvalue weighted by molar-refractivity contribution is 5.84. The number of fused-ring (bicyclic) bond motifs is 1. The summed E-state index contributed by atoms with van der Waals surface area (Å²) in [6, 6.07) is 8.32. The Balaban J connectivity index is 2.26. The van der Waals surface area contributed by atoms with Crippen molar-refractivity contribution in [2.24, 2.45) is 5.73 Å². The lowest BCUT2D eigenvalue weighted by atomic mass is 10.1. The van der Waals surface area contributed by atoms with Crippen molar-refractivity contribution in [2.75, 3.05) is 13.1 Å². The van der Waals surface area contributed by atoms with Gasteiger partial charge in [-0.25, -0.2) is 0 Å². The first-order valence-electron chi connectivity index (χ1n) is 5.14. The molecule has 1 heterocycles. The zero-order chi connectivity index (χ0) is 10.5. The number of nitrogens with zero attached hydrogens (tertiary/aromatic N) is 1. The molecule has 1 aromatic heterocycles. The minimum Gasteiger partial charge on any atom is -0.329 e. The SMILES string of the molecule is NCCNCc1cccc2cnccc12. The highest BCUT2D eigenvalue weighted by atomic mass is 14.9. The lowest BCUT2D eigenvalue weighted by Gasteiger charge is -2.06. The van der Waals surface area contributed by atoms with Gasteiger partial charge in [0.2, 0.25) is 0 Å². The predicted octanol–water partition coefficient (Wildman–Crippen LogP) is 1.28. The molecular formula is C12H15N3. The first-order valence-corrected chi connectivity index (χ1v) is 5.14. The number of hydrogen-bond donors (Lipinski definition) is 2. The molecule has 0 atom stereocenters. The Morgan fingerprint density at radius 3 is 3.07 bits per heavy atom. The van der Waals surface area contributed by atoms with Gasteiger partial charge in [-0.1, -0.05) is 18.2 Å². The van der Waals surface area contributed by atoms with E-state index in [2.05, 4.69) is 34.6 Å². The van der Waals surface area contributed by atoms with Crippen LogP contribution in [0.4, 0.5) is 0 Å². The van der Waals surface area contributed by atoms with Crippen molar-refractivity contribution in [1.82, 2.24) is 10.3 Å². The smallest absolute Gasteiger partial charge is 0.0346 e. The van der Waals surface area contributed by atoms with E-state index in [1.165, 1.54) is 16.3 Å². The molecule has 2 aromatic rings. The fourth-order valence-electron chi connectivity index (χ4n) is 1.67. The molecule has 0 amide bonds. The number of rotatable bonds is 4. The van der Waals surface area contributed by atoms with E-state index in [9.17, 15) is 0 Å². The van der Waals surface area contributed by atoms with E-state index in [1.807, 2.05) is 12.4 Å². The van der Waals surface area contributed by atoms with Gasteiger partial charge in [0.1, 0.15) is 0 Å². The minimum atomic E-state index is 0.673. The van der Waals surface area contributed by atoms with Crippen molar-refractivity contribution in [2.45, 2.75) is 6.54 Å². The van der Waals surface area contributed by atoms with E-state index >= 15 is 0 Å². The number of hydrogen-bond acceptors (Lipinski definition) is 3. The van der Waals surface area contributed by atoms with Gasteiger partial charge in [-0.15, -0.1) is 0 Å². The first kappa shape index (κ1) is 10.1. The molecule has 0 radical (unpaired) electrons. The summed E-state index contributed by atoms with van der Waals surface area (Å²) in [7, 11) is 0. The Bertz CT molecular complexity index is 434. The summed E-state index contributed by atoms with van der Waals surface area (Å²) in [6.45, 7) is 2.38. The lowest BCUT2D eigenvalue weighted by Crippen LogP contribution is -2.21. The number of nitrogens with two attached hydrogens (primary N) is 1. The molecular weight excluding hydrogens is 186 g/mol. The van der Waals surface area contributed by atoms with Crippen molar-refractivity contribution < 1.29 is 0 Å². The fraction of sp³-hybridized carbons (Fsp3) is 0.250. The van der Waals surface area contributed by atoms with Crippen LogP contribution >= 0.6 is 0 Å². The van der Waals surface area contributed by atoms with Gasteiger partial charge in [0.25, 0.3) is 0 Å². The summed E-state index contributed by atoms with van der Waals surface area (Å²) in [5, 5.41) is 5.74. The number of nitrogens with one attached hydrogen (secondary N) is 1. The molecule has 1 aromatic carbocycles. The second kappa shape index (κ2) is 4.87. The molecule has 0 aliphatic carbocycles. The molecule has 3 N–H and O–H groups in total. The third-order valence-corrected chi connectivity index (χ3v) is 2.41. The minimum absolute atomic E-state index is 0.673. The monoisotopic (exact) mass is 201 g/mol. The largest absolute Gasteiger partial charge is 0.329 e. The van der Waals surface area contributed by atoms with Crippen LogP contribution in [-0.4, -0.2) is 18.1 Å². The van der Waals surface area contributed by atoms with Crippen molar-refractivity contribution in [3.05, 3.63) is 42.2 Å². The van der Waals surface area contributed by atoms with Gasteiger partial charge in [-0.3, -0.25) is 4.98 Å². The molecule has 3 nitrogen and oxygen atoms in total. The van der Waals surface area contributed by atoms with Gasteiger partial charge in [0, 0.05) is 37.4 Å². The van der Waals surface area contributed by atoms with E-state index in [0.717, 1.165) is 13.1 Å². The average Bonchev–Trinajstić information content (AvgIpc) is 2.30. The molecule has 78 valence electrons. The molecule has 0 bridgehead atoms. The topological polar surface area (TPSA) is 50.9 Å². The number of aromatic nitrogens is 1. The Kier molecular flexibility index (Phi) is 3.27. The number of benzene rings is 1. The van der Waals surface area contributed by atoms with E-state index < -0.39 is 0 Å². The zero-order valence-electron chi connectivity index (χ0n) is 8.61. The van der Waals surface area contributed by atoms with Gasteiger partial charge in [0.05, 0.1) is 0 Å². The molecule has 0 unspecified atom stereocenters. The first-order chi connectivity index (χ1) is 7.42. The highest BCUT2D eigenvalue weighted by Gasteiger charge is 1.98. The third kappa shape index (κ3) is 2.32. The highest BCUT2D eigenvalue weighted by Crippen LogP contribution is 2.16. The number of pyridine rings is 1. The maximum Gasteiger partial charge on any atom is 0.0346 e. The van der Waals surface area contributed by atoms with Crippen LogP contribution in [0.1, 0.15) is 5.56 Å². The Morgan fingerprint density at radius 2 is 2.20 bits per heavy atom. The molecule has 0 aliphatic rings. The molecule has 0 spiro atoms. The summed E-state index contributed by atoms with van der Waals surface area (Å²) in [4.78, 5) is 4.11. The molecule has 0 saturated heterocycles. The maximum atomic E-state index is 5.43. The van der Waals surface area contributed by atoms with Crippen molar-refractivity contribution >= 4 is 10.8 Å². The van der Waals surface area contributed by atoms with Gasteiger partial charge in [-0.05, 0) is 17.0 Å². The van der Waals surface area contributed by atoms with E-state index in [1.54, 1.807) is 0 Å². The summed E-state index contributed by atoms with van der Waals surface area (Å²) >= 11 is 0. The molecule has 2 rings (SSSR count). The van der Waals surface area contributed by atoms with E-state index in [-0.39, 0.29) is 0 Å². The molecule has 0 saturated carbocycles. The normalized spacial score (nSPS) is 10.7. The quantitative estimate of drug-likeness (QED) is 0.733. The van der Waals surface area contributed by atoms with Crippen LogP contribution in [0.2, 0.25) is 0 Å². The Labute approximate surface area is 89.3 Å². The predicted molar refractivity (Wildman–Crippen MR) is 62.5 cm³/mol. The van der Waals surface area contributed by atoms with Gasteiger partial charge in [-0.2, -0.15) is 0 Å². The molecule has 3 heteroatoms. The van der Waals surface area contributed by atoms with Crippen molar-refractivity contribution in [3.63, 3.8) is 0 Å². The second-order valence-electron chi connectivity index (χ2n) is 3.48. The Morgan fingerprint density at radius 1 is 1.27 bits per heavy atom. The van der Waals surface area contributed by atoms with Crippen LogP contribution in [0.3, 0.4) is 0 Å². The maximum absolute atomic E-state index is 5.43. The van der Waals surface area contributed by atoms with Crippen molar-refractivity contribution in [1.29, 1.82) is 0 Å². The Hall–Kier alpha value is -1.45. The van der Waals surface area contributed by atoms with Crippen LogP contribution in [-0.2, 0) is 6.54 Å². The van der Waals surface area contributed by atoms with Gasteiger partial charge in [0.15, 0.2) is 0 Å². The summed E-state index contributed by atoms with van der Waals surface area (Å²) < 4.78 is 0. The van der Waals surface area contributed by atoms with Crippen LogP contribution in [0.15, 0.2) is 36.7 Å². The standard InChI is InChI=1S/C12H15N3/c13-5-7-15-9-11-3-1-2-10-8-14-6-4-12(10)11/h1-4,6,8,15H,5,7,9,13H2. The van der Waals surface area contributed by atoms with E-state index in [0.29, 0.717) is 6.54 Å². The molecule has 0 fully saturated rings. The second-order valence-corrected chi connectivity index (χ2v) is 3.48.